The monoisotopic (exact) mass is 254 g/mol. The first-order chi connectivity index (χ1) is 8.35. The van der Waals surface area contributed by atoms with Crippen LogP contribution in [0.1, 0.15) is 46.0 Å². The zero-order valence-corrected chi connectivity index (χ0v) is 11.2. The maximum absolute atomic E-state index is 12.1. The largest absolute Gasteiger partial charge is 0.481 e. The van der Waals surface area contributed by atoms with E-state index in [0.717, 1.165) is 25.7 Å². The molecular weight excluding hydrogens is 232 g/mol. The maximum Gasteiger partial charge on any atom is 0.317 e. The molecule has 0 spiro atoms. The number of nitrogens with one attached hydrogen (secondary N) is 1. The highest BCUT2D eigenvalue weighted by Gasteiger charge is 2.43. The van der Waals surface area contributed by atoms with E-state index in [1.807, 2.05) is 0 Å². The first-order valence-corrected chi connectivity index (χ1v) is 6.65. The number of amides is 2. The van der Waals surface area contributed by atoms with Crippen molar-refractivity contribution in [3.05, 3.63) is 0 Å². The molecule has 102 valence electrons. The number of carboxylic acid groups (broad SMARTS) is 1. The number of likely N-dealkylation sites (tertiary alicyclic amines) is 1. The van der Waals surface area contributed by atoms with Crippen LogP contribution in [0.5, 0.6) is 0 Å². The zero-order chi connectivity index (χ0) is 13.4. The van der Waals surface area contributed by atoms with Gasteiger partial charge in [0.15, 0.2) is 0 Å². The summed E-state index contributed by atoms with van der Waals surface area (Å²) < 4.78 is 0. The SMILES string of the molecule is CC1(NC(=O)N2CCC(C)(C(=O)O)C2)CCCC1. The third kappa shape index (κ3) is 2.44. The van der Waals surface area contributed by atoms with E-state index >= 15 is 0 Å². The van der Waals surface area contributed by atoms with Crippen molar-refractivity contribution in [3.8, 4) is 0 Å². The molecule has 1 atom stereocenters. The van der Waals surface area contributed by atoms with Crippen LogP contribution >= 0.6 is 0 Å². The molecule has 18 heavy (non-hydrogen) atoms. The molecule has 1 unspecified atom stereocenters. The summed E-state index contributed by atoms with van der Waals surface area (Å²) in [5.74, 6) is -0.815. The van der Waals surface area contributed by atoms with Crippen LogP contribution in [0.2, 0.25) is 0 Å². The summed E-state index contributed by atoms with van der Waals surface area (Å²) in [5.41, 5.74) is -0.882. The van der Waals surface area contributed by atoms with Crippen molar-refractivity contribution in [2.45, 2.75) is 51.5 Å². The first-order valence-electron chi connectivity index (χ1n) is 6.65. The van der Waals surface area contributed by atoms with Gasteiger partial charge in [-0.15, -0.1) is 0 Å². The Morgan fingerprint density at radius 2 is 1.78 bits per heavy atom. The Bertz CT molecular complexity index is 363. The number of hydrogen-bond acceptors (Lipinski definition) is 2. The average Bonchev–Trinajstić information content (AvgIpc) is 2.86. The highest BCUT2D eigenvalue weighted by molar-refractivity contribution is 5.79. The number of carbonyl (C=O) groups is 2. The molecule has 1 saturated heterocycles. The molecular formula is C13H22N2O3. The fourth-order valence-corrected chi connectivity index (χ4v) is 2.93. The minimum Gasteiger partial charge on any atom is -0.481 e. The molecule has 0 aromatic carbocycles. The van der Waals surface area contributed by atoms with Gasteiger partial charge in [0.25, 0.3) is 0 Å². The molecule has 5 nitrogen and oxygen atoms in total. The molecule has 0 bridgehead atoms. The van der Waals surface area contributed by atoms with Crippen LogP contribution in [0.15, 0.2) is 0 Å². The lowest BCUT2D eigenvalue weighted by Gasteiger charge is -2.29. The molecule has 2 fully saturated rings. The van der Waals surface area contributed by atoms with Crippen LogP contribution in [0.4, 0.5) is 4.79 Å². The van der Waals surface area contributed by atoms with Crippen molar-refractivity contribution in [3.63, 3.8) is 0 Å². The van der Waals surface area contributed by atoms with Crippen molar-refractivity contribution < 1.29 is 14.7 Å². The number of hydrogen-bond donors (Lipinski definition) is 2. The smallest absolute Gasteiger partial charge is 0.317 e. The number of aliphatic carboxylic acids is 1. The second-order valence-electron chi connectivity index (χ2n) is 6.24. The van der Waals surface area contributed by atoms with E-state index in [2.05, 4.69) is 12.2 Å². The number of carbonyl (C=O) groups excluding carboxylic acids is 1. The van der Waals surface area contributed by atoms with Gasteiger partial charge in [-0.2, -0.15) is 0 Å². The molecule has 2 amide bonds. The third-order valence-electron chi connectivity index (χ3n) is 4.39. The number of carboxylic acids is 1. The van der Waals surface area contributed by atoms with E-state index in [1.54, 1.807) is 11.8 Å². The highest BCUT2D eigenvalue weighted by Crippen LogP contribution is 2.32. The third-order valence-corrected chi connectivity index (χ3v) is 4.39. The highest BCUT2D eigenvalue weighted by atomic mass is 16.4. The van der Waals surface area contributed by atoms with E-state index < -0.39 is 11.4 Å². The molecule has 0 aromatic rings. The summed E-state index contributed by atoms with van der Waals surface area (Å²) in [6.45, 7) is 4.62. The minimum atomic E-state index is -0.815. The van der Waals surface area contributed by atoms with E-state index in [-0.39, 0.29) is 11.6 Å². The Labute approximate surface area is 108 Å². The molecule has 5 heteroatoms. The molecule has 2 aliphatic rings. The first kappa shape index (κ1) is 13.2. The predicted octanol–water partition coefficient (Wildman–Crippen LogP) is 1.83. The van der Waals surface area contributed by atoms with Crippen LogP contribution in [0, 0.1) is 5.41 Å². The topological polar surface area (TPSA) is 69.6 Å². The second-order valence-corrected chi connectivity index (χ2v) is 6.24. The molecule has 0 radical (unpaired) electrons. The van der Waals surface area contributed by atoms with Gasteiger partial charge in [-0.25, -0.2) is 4.79 Å². The Morgan fingerprint density at radius 3 is 2.28 bits per heavy atom. The summed E-state index contributed by atoms with van der Waals surface area (Å²) in [5, 5.41) is 12.2. The van der Waals surface area contributed by atoms with Crippen molar-refractivity contribution in [2.24, 2.45) is 5.41 Å². The number of rotatable bonds is 2. The van der Waals surface area contributed by atoms with Crippen LogP contribution in [-0.4, -0.2) is 40.6 Å². The average molecular weight is 254 g/mol. The molecule has 1 saturated carbocycles. The van der Waals surface area contributed by atoms with Gasteiger partial charge in [0.05, 0.1) is 5.41 Å². The van der Waals surface area contributed by atoms with Crippen LogP contribution < -0.4 is 5.32 Å². The molecule has 2 rings (SSSR count). The fraction of sp³-hybridized carbons (Fsp3) is 0.846. The van der Waals surface area contributed by atoms with Gasteiger partial charge < -0.3 is 15.3 Å². The normalized spacial score (nSPS) is 30.4. The number of urea groups is 1. The maximum atomic E-state index is 12.1. The van der Waals surface area contributed by atoms with E-state index in [1.165, 1.54) is 0 Å². The van der Waals surface area contributed by atoms with Crippen molar-refractivity contribution >= 4 is 12.0 Å². The van der Waals surface area contributed by atoms with Crippen LogP contribution in [-0.2, 0) is 4.79 Å². The van der Waals surface area contributed by atoms with Gasteiger partial charge in [0, 0.05) is 18.6 Å². The molecule has 0 aromatic heterocycles. The lowest BCUT2D eigenvalue weighted by Crippen LogP contribution is -2.50. The summed E-state index contributed by atoms with van der Waals surface area (Å²) in [6.07, 6.45) is 4.88. The number of nitrogens with zero attached hydrogens (tertiary/aromatic N) is 1. The zero-order valence-electron chi connectivity index (χ0n) is 11.2. The second kappa shape index (κ2) is 4.44. The Hall–Kier alpha value is -1.26. The van der Waals surface area contributed by atoms with Gasteiger partial charge >= 0.3 is 12.0 Å². The van der Waals surface area contributed by atoms with Gasteiger partial charge in [0.2, 0.25) is 0 Å². The molecule has 1 aliphatic carbocycles. The Balaban J connectivity index is 1.93. The van der Waals surface area contributed by atoms with Crippen LogP contribution in [0.25, 0.3) is 0 Å². The van der Waals surface area contributed by atoms with Crippen LogP contribution in [0.3, 0.4) is 0 Å². The van der Waals surface area contributed by atoms with E-state index in [0.29, 0.717) is 19.5 Å². The Kier molecular flexibility index (Phi) is 3.25. The fourth-order valence-electron chi connectivity index (χ4n) is 2.93. The summed E-state index contributed by atoms with van der Waals surface area (Å²) >= 11 is 0. The van der Waals surface area contributed by atoms with Gasteiger partial charge in [0.1, 0.15) is 0 Å². The predicted molar refractivity (Wildman–Crippen MR) is 67.3 cm³/mol. The summed E-state index contributed by atoms with van der Waals surface area (Å²) in [4.78, 5) is 24.9. The minimum absolute atomic E-state index is 0.0979. The molecule has 2 N–H and O–H groups in total. The van der Waals surface area contributed by atoms with E-state index in [9.17, 15) is 9.59 Å². The van der Waals surface area contributed by atoms with Crippen molar-refractivity contribution in [1.29, 1.82) is 0 Å². The standard InChI is InChI=1S/C13H22N2O3/c1-12(10(16)17)7-8-15(9-12)11(18)14-13(2)5-3-4-6-13/h3-9H2,1-2H3,(H,14,18)(H,16,17). The lowest BCUT2D eigenvalue weighted by atomic mass is 9.90. The van der Waals surface area contributed by atoms with Gasteiger partial charge in [-0.3, -0.25) is 4.79 Å². The van der Waals surface area contributed by atoms with Gasteiger partial charge in [-0.1, -0.05) is 12.8 Å². The van der Waals surface area contributed by atoms with Gasteiger partial charge in [-0.05, 0) is 33.1 Å². The quantitative estimate of drug-likeness (QED) is 0.789. The van der Waals surface area contributed by atoms with Crippen molar-refractivity contribution in [2.75, 3.05) is 13.1 Å². The molecule has 1 heterocycles. The van der Waals surface area contributed by atoms with Crippen molar-refractivity contribution in [1.82, 2.24) is 10.2 Å². The summed E-state index contributed by atoms with van der Waals surface area (Å²) in [7, 11) is 0. The lowest BCUT2D eigenvalue weighted by molar-refractivity contribution is -0.146. The Morgan fingerprint density at radius 1 is 1.17 bits per heavy atom. The summed E-state index contributed by atoms with van der Waals surface area (Å²) in [6, 6.07) is -0.107. The molecule has 1 aliphatic heterocycles. The van der Waals surface area contributed by atoms with E-state index in [4.69, 9.17) is 5.11 Å².